The van der Waals surface area contributed by atoms with Gasteiger partial charge >= 0.3 is 0 Å². The SMILES string of the molecule is CS(=O)(=O)c1ncc(-c2cc3c(-c4cc5c(-c6ccc(F)cc6)cncc5[nH]4)n[nH]c3cn2)n1S(C)(=O)=O. The first-order valence-electron chi connectivity index (χ1n) is 11.1. The monoisotopic (exact) mass is 551 g/mol. The summed E-state index contributed by atoms with van der Waals surface area (Å²) < 4.78 is 63.5. The summed E-state index contributed by atoms with van der Waals surface area (Å²) >= 11 is 0. The molecule has 0 atom stereocenters. The van der Waals surface area contributed by atoms with Crippen LogP contribution in [-0.2, 0) is 19.9 Å². The van der Waals surface area contributed by atoms with E-state index in [-0.39, 0.29) is 17.2 Å². The highest BCUT2D eigenvalue weighted by atomic mass is 32.2. The maximum atomic E-state index is 13.5. The second-order valence-corrected chi connectivity index (χ2v) is 12.5. The van der Waals surface area contributed by atoms with Crippen LogP contribution in [0.5, 0.6) is 0 Å². The zero-order valence-corrected chi connectivity index (χ0v) is 21.5. The van der Waals surface area contributed by atoms with E-state index in [9.17, 15) is 21.2 Å². The van der Waals surface area contributed by atoms with Gasteiger partial charge in [0.1, 0.15) is 17.2 Å². The number of aromatic amines is 2. The van der Waals surface area contributed by atoms with Gasteiger partial charge < -0.3 is 4.98 Å². The van der Waals surface area contributed by atoms with Gasteiger partial charge in [-0.2, -0.15) is 5.10 Å². The molecule has 1 aromatic carbocycles. The minimum atomic E-state index is -4.03. The minimum absolute atomic E-state index is 0.00131. The minimum Gasteiger partial charge on any atom is -0.352 e. The summed E-state index contributed by atoms with van der Waals surface area (Å²) in [7, 11) is -7.97. The molecule has 11 nitrogen and oxygen atoms in total. The van der Waals surface area contributed by atoms with E-state index in [0.717, 1.165) is 40.7 Å². The van der Waals surface area contributed by atoms with Crippen molar-refractivity contribution in [3.8, 4) is 33.9 Å². The van der Waals surface area contributed by atoms with Crippen molar-refractivity contribution in [1.29, 1.82) is 0 Å². The summed E-state index contributed by atoms with van der Waals surface area (Å²) in [6.45, 7) is 0. The van der Waals surface area contributed by atoms with Gasteiger partial charge in [0.25, 0.3) is 0 Å². The van der Waals surface area contributed by atoms with Crippen molar-refractivity contribution in [3.63, 3.8) is 0 Å². The Balaban J connectivity index is 1.52. The van der Waals surface area contributed by atoms with Crippen LogP contribution in [0.4, 0.5) is 4.39 Å². The number of aromatic nitrogens is 7. The third kappa shape index (κ3) is 3.94. The van der Waals surface area contributed by atoms with Gasteiger partial charge in [0, 0.05) is 28.8 Å². The van der Waals surface area contributed by atoms with Crippen molar-refractivity contribution in [1.82, 2.24) is 34.1 Å². The number of fused-ring (bicyclic) bond motifs is 2. The Hall–Kier alpha value is -4.43. The van der Waals surface area contributed by atoms with Crippen LogP contribution in [0.3, 0.4) is 0 Å². The first-order chi connectivity index (χ1) is 18.0. The number of sulfone groups is 1. The lowest BCUT2D eigenvalue weighted by Gasteiger charge is -2.08. The van der Waals surface area contributed by atoms with Gasteiger partial charge in [-0.05, 0) is 29.8 Å². The first kappa shape index (κ1) is 23.9. The number of pyridine rings is 2. The van der Waals surface area contributed by atoms with Crippen LogP contribution in [-0.4, -0.2) is 63.5 Å². The Morgan fingerprint density at radius 1 is 0.868 bits per heavy atom. The number of halogens is 1. The third-order valence-corrected chi connectivity index (χ3v) is 8.12. The molecule has 192 valence electrons. The van der Waals surface area contributed by atoms with Gasteiger partial charge in [-0.15, -0.1) is 0 Å². The summed E-state index contributed by atoms with van der Waals surface area (Å²) in [5.74, 6) is -0.336. The molecule has 14 heteroatoms. The second kappa shape index (κ2) is 8.29. The van der Waals surface area contributed by atoms with Crippen molar-refractivity contribution in [2.75, 3.05) is 12.5 Å². The van der Waals surface area contributed by atoms with Gasteiger partial charge in [0.2, 0.25) is 25.0 Å². The molecule has 0 fully saturated rings. The molecule has 2 N–H and O–H groups in total. The average Bonchev–Trinajstić information content (AvgIpc) is 3.59. The number of rotatable bonds is 5. The molecular formula is C24H18FN7O4S2. The second-order valence-electron chi connectivity index (χ2n) is 8.75. The number of imidazole rings is 1. The molecule has 0 bridgehead atoms. The van der Waals surface area contributed by atoms with Crippen LogP contribution in [0, 0.1) is 5.82 Å². The van der Waals surface area contributed by atoms with Crippen molar-refractivity contribution in [2.24, 2.45) is 0 Å². The third-order valence-electron chi connectivity index (χ3n) is 6.02. The van der Waals surface area contributed by atoms with Crippen LogP contribution >= 0.6 is 0 Å². The number of H-pyrrole nitrogens is 2. The molecule has 0 spiro atoms. The Bertz CT molecular complexity index is 2090. The molecule has 6 rings (SSSR count). The molecule has 0 saturated carbocycles. The predicted octanol–water partition coefficient (Wildman–Crippen LogP) is 3.38. The molecule has 0 aliphatic heterocycles. The summed E-state index contributed by atoms with van der Waals surface area (Å²) in [6.07, 6.45) is 7.79. The lowest BCUT2D eigenvalue weighted by molar-refractivity contribution is 0.574. The molecule has 0 saturated heterocycles. The summed E-state index contributed by atoms with van der Waals surface area (Å²) in [5.41, 5.74) is 4.28. The molecular weight excluding hydrogens is 533 g/mol. The summed E-state index contributed by atoms with van der Waals surface area (Å²) in [4.78, 5) is 15.8. The van der Waals surface area contributed by atoms with E-state index in [1.54, 1.807) is 30.6 Å². The van der Waals surface area contributed by atoms with Crippen molar-refractivity contribution < 1.29 is 21.2 Å². The highest BCUT2D eigenvalue weighted by Crippen LogP contribution is 2.34. The van der Waals surface area contributed by atoms with E-state index in [0.29, 0.717) is 26.3 Å². The summed E-state index contributed by atoms with van der Waals surface area (Å²) in [5, 5.41) is 8.19. The Kier molecular flexibility index (Phi) is 5.22. The maximum absolute atomic E-state index is 13.5. The largest absolute Gasteiger partial charge is 0.352 e. The first-order valence-corrected chi connectivity index (χ1v) is 14.8. The Morgan fingerprint density at radius 3 is 2.34 bits per heavy atom. The Morgan fingerprint density at radius 2 is 1.63 bits per heavy atom. The van der Waals surface area contributed by atoms with Crippen LogP contribution < -0.4 is 0 Å². The highest BCUT2D eigenvalue weighted by Gasteiger charge is 2.26. The predicted molar refractivity (Wildman–Crippen MR) is 139 cm³/mol. The number of nitrogens with one attached hydrogen (secondary N) is 2. The number of benzene rings is 1. The summed E-state index contributed by atoms with van der Waals surface area (Å²) in [6, 6.07) is 9.63. The topological polar surface area (TPSA) is 156 Å². The zero-order valence-electron chi connectivity index (χ0n) is 19.8. The molecule has 0 aliphatic carbocycles. The molecule has 5 aromatic heterocycles. The molecule has 0 unspecified atom stereocenters. The van der Waals surface area contributed by atoms with E-state index in [4.69, 9.17) is 0 Å². The quantitative estimate of drug-likeness (QED) is 0.330. The number of hydrogen-bond acceptors (Lipinski definition) is 8. The van der Waals surface area contributed by atoms with Gasteiger partial charge in [-0.25, -0.2) is 30.2 Å². The van der Waals surface area contributed by atoms with E-state index in [1.165, 1.54) is 18.3 Å². The maximum Gasteiger partial charge on any atom is 0.241 e. The van der Waals surface area contributed by atoms with Gasteiger partial charge in [-0.3, -0.25) is 15.1 Å². The fourth-order valence-corrected chi connectivity index (χ4v) is 6.65. The van der Waals surface area contributed by atoms with Crippen LogP contribution in [0.1, 0.15) is 0 Å². The van der Waals surface area contributed by atoms with Crippen molar-refractivity contribution >= 4 is 41.7 Å². The van der Waals surface area contributed by atoms with Crippen molar-refractivity contribution in [2.45, 2.75) is 5.16 Å². The van der Waals surface area contributed by atoms with E-state index in [1.807, 2.05) is 6.07 Å². The fraction of sp³-hybridized carbons (Fsp3) is 0.0833. The highest BCUT2D eigenvalue weighted by molar-refractivity contribution is 7.92. The molecule has 0 aliphatic rings. The van der Waals surface area contributed by atoms with Gasteiger partial charge in [-0.1, -0.05) is 12.1 Å². The molecule has 0 radical (unpaired) electrons. The van der Waals surface area contributed by atoms with Gasteiger partial charge in [0.15, 0.2) is 0 Å². The lowest BCUT2D eigenvalue weighted by atomic mass is 10.0. The molecule has 5 heterocycles. The molecule has 0 amide bonds. The van der Waals surface area contributed by atoms with E-state index >= 15 is 0 Å². The van der Waals surface area contributed by atoms with E-state index < -0.39 is 25.0 Å². The smallest absolute Gasteiger partial charge is 0.241 e. The number of nitrogens with zero attached hydrogens (tertiary/aromatic N) is 5. The standard InChI is InChI=1S/C24H18FN7O4S2/c1-37(33,34)24-28-12-22(32(24)38(2,35)36)18-8-16-21(11-27-18)30-31-23(16)19-7-15-17(9-26-10-20(15)29-19)13-3-5-14(25)6-4-13/h3-12,29H,1-2H3,(H,30,31). The van der Waals surface area contributed by atoms with Crippen LogP contribution in [0.2, 0.25) is 0 Å². The van der Waals surface area contributed by atoms with Crippen molar-refractivity contribution in [3.05, 3.63) is 67.0 Å². The molecule has 6 aromatic rings. The average molecular weight is 552 g/mol. The normalized spacial score (nSPS) is 12.5. The fourth-order valence-electron chi connectivity index (χ4n) is 4.36. The lowest BCUT2D eigenvalue weighted by Crippen LogP contribution is -2.18. The van der Waals surface area contributed by atoms with Gasteiger partial charge in [0.05, 0.1) is 47.3 Å². The number of hydrogen-bond donors (Lipinski definition) is 2. The Labute approximate surface area is 215 Å². The van der Waals surface area contributed by atoms with Crippen LogP contribution in [0.15, 0.2) is 66.3 Å². The van der Waals surface area contributed by atoms with E-state index in [2.05, 4.69) is 30.1 Å². The zero-order chi connectivity index (χ0) is 26.8. The van der Waals surface area contributed by atoms with Crippen LogP contribution in [0.25, 0.3) is 55.7 Å². The molecule has 38 heavy (non-hydrogen) atoms.